The number of ketones is 1. The number of hydrogen-bond donors (Lipinski definition) is 1. The third kappa shape index (κ3) is 4.56. The fraction of sp³-hybridized carbons (Fsp3) is 0.0870. The van der Waals surface area contributed by atoms with E-state index in [9.17, 15) is 19.5 Å². The molecule has 0 unspecified atom stereocenters. The summed E-state index contributed by atoms with van der Waals surface area (Å²) >= 11 is 0. The lowest BCUT2D eigenvalue weighted by Crippen LogP contribution is -2.14. The molecule has 3 aromatic rings. The van der Waals surface area contributed by atoms with E-state index in [-0.39, 0.29) is 22.5 Å². The molecule has 0 heterocycles. The van der Waals surface area contributed by atoms with Gasteiger partial charge in [0.25, 0.3) is 0 Å². The lowest BCUT2D eigenvalue weighted by atomic mass is 9.96. The lowest BCUT2D eigenvalue weighted by molar-refractivity contribution is -0.187. The van der Waals surface area contributed by atoms with E-state index in [1.807, 2.05) is 19.1 Å². The molecule has 6 nitrogen and oxygen atoms in total. The topological polar surface area (TPSA) is 89.9 Å². The average Bonchev–Trinajstić information content (AvgIpc) is 2.77. The predicted molar refractivity (Wildman–Crippen MR) is 104 cm³/mol. The fourth-order valence-electron chi connectivity index (χ4n) is 2.79. The van der Waals surface area contributed by atoms with Crippen LogP contribution in [-0.4, -0.2) is 22.8 Å². The van der Waals surface area contributed by atoms with E-state index in [1.165, 1.54) is 30.3 Å². The van der Waals surface area contributed by atoms with Gasteiger partial charge in [-0.2, -0.15) is 0 Å². The minimum atomic E-state index is -0.951. The number of carbonyl (C=O) groups excluding carboxylic acids is 3. The molecule has 146 valence electrons. The summed E-state index contributed by atoms with van der Waals surface area (Å²) in [6.45, 7) is 1.33. The second-order valence-electron chi connectivity index (χ2n) is 6.28. The molecule has 0 radical (unpaired) electrons. The van der Waals surface area contributed by atoms with Crippen molar-refractivity contribution < 1.29 is 29.3 Å². The number of carbonyl (C=O) groups is 3. The zero-order valence-corrected chi connectivity index (χ0v) is 15.6. The van der Waals surface area contributed by atoms with E-state index in [0.717, 1.165) is 5.56 Å². The molecule has 0 spiro atoms. The van der Waals surface area contributed by atoms with Gasteiger partial charge in [0, 0.05) is 11.1 Å². The molecule has 0 saturated carbocycles. The quantitative estimate of drug-likeness (QED) is 0.406. The highest BCUT2D eigenvalue weighted by Crippen LogP contribution is 2.19. The molecular formula is C23H18O6. The molecule has 0 atom stereocenters. The van der Waals surface area contributed by atoms with Gasteiger partial charge in [-0.3, -0.25) is 4.79 Å². The van der Waals surface area contributed by atoms with E-state index in [0.29, 0.717) is 11.1 Å². The van der Waals surface area contributed by atoms with Gasteiger partial charge < -0.3 is 5.11 Å². The number of rotatable bonds is 5. The Hall–Kier alpha value is -3.77. The summed E-state index contributed by atoms with van der Waals surface area (Å²) < 4.78 is 0. The Kier molecular flexibility index (Phi) is 6.16. The van der Waals surface area contributed by atoms with Crippen LogP contribution in [0.1, 0.15) is 47.8 Å². The minimum Gasteiger partial charge on any atom is -0.392 e. The van der Waals surface area contributed by atoms with Crippen LogP contribution in [0.2, 0.25) is 0 Å². The number of hydrogen-bond acceptors (Lipinski definition) is 6. The molecule has 0 aliphatic carbocycles. The normalized spacial score (nSPS) is 10.3. The average molecular weight is 390 g/mol. The molecule has 29 heavy (non-hydrogen) atoms. The highest BCUT2D eigenvalue weighted by Gasteiger charge is 2.19. The fourth-order valence-corrected chi connectivity index (χ4v) is 2.79. The second kappa shape index (κ2) is 8.95. The van der Waals surface area contributed by atoms with Crippen LogP contribution in [0, 0.1) is 6.92 Å². The Morgan fingerprint density at radius 2 is 1.41 bits per heavy atom. The number of benzene rings is 3. The number of aliphatic hydroxyl groups excluding tert-OH is 1. The van der Waals surface area contributed by atoms with Gasteiger partial charge in [0.15, 0.2) is 5.78 Å². The summed E-state index contributed by atoms with van der Waals surface area (Å²) in [4.78, 5) is 46.0. The molecule has 0 amide bonds. The molecule has 0 aliphatic rings. The van der Waals surface area contributed by atoms with Gasteiger partial charge in [0.2, 0.25) is 0 Å². The number of aliphatic hydroxyl groups is 1. The molecule has 0 aromatic heterocycles. The van der Waals surface area contributed by atoms with Gasteiger partial charge in [-0.15, -0.1) is 0 Å². The molecule has 3 aromatic carbocycles. The Balaban J connectivity index is 1.76. The van der Waals surface area contributed by atoms with Gasteiger partial charge >= 0.3 is 11.9 Å². The molecule has 6 heteroatoms. The highest BCUT2D eigenvalue weighted by atomic mass is 17.2. The van der Waals surface area contributed by atoms with Gasteiger partial charge in [-0.25, -0.2) is 19.4 Å². The predicted octanol–water partition coefficient (Wildman–Crippen LogP) is 3.65. The molecule has 0 bridgehead atoms. The maximum Gasteiger partial charge on any atom is 0.386 e. The summed E-state index contributed by atoms with van der Waals surface area (Å²) in [5.41, 5.74) is 2.07. The lowest BCUT2D eigenvalue weighted by Gasteiger charge is -2.10. The van der Waals surface area contributed by atoms with Crippen LogP contribution in [0.3, 0.4) is 0 Å². The van der Waals surface area contributed by atoms with E-state index in [2.05, 4.69) is 9.78 Å². The summed E-state index contributed by atoms with van der Waals surface area (Å²) in [5.74, 6) is -2.00. The second-order valence-corrected chi connectivity index (χ2v) is 6.28. The van der Waals surface area contributed by atoms with Crippen molar-refractivity contribution in [2.24, 2.45) is 0 Å². The van der Waals surface area contributed by atoms with E-state index < -0.39 is 18.5 Å². The largest absolute Gasteiger partial charge is 0.392 e. The summed E-state index contributed by atoms with van der Waals surface area (Å²) in [5, 5.41) is 9.63. The van der Waals surface area contributed by atoms with Crippen LogP contribution < -0.4 is 0 Å². The van der Waals surface area contributed by atoms with E-state index in [1.54, 1.807) is 30.3 Å². The van der Waals surface area contributed by atoms with Crippen LogP contribution in [0.25, 0.3) is 0 Å². The van der Waals surface area contributed by atoms with Crippen molar-refractivity contribution in [3.8, 4) is 0 Å². The first-order valence-corrected chi connectivity index (χ1v) is 8.83. The van der Waals surface area contributed by atoms with Crippen molar-refractivity contribution in [1.82, 2.24) is 0 Å². The summed E-state index contributed by atoms with van der Waals surface area (Å²) in [6, 6.07) is 19.4. The minimum absolute atomic E-state index is 0.00491. The van der Waals surface area contributed by atoms with Gasteiger partial charge in [0.05, 0.1) is 17.7 Å². The van der Waals surface area contributed by atoms with Crippen molar-refractivity contribution in [3.05, 3.63) is 106 Å². The van der Waals surface area contributed by atoms with Crippen LogP contribution in [0.4, 0.5) is 0 Å². The molecule has 0 aliphatic heterocycles. The maximum atomic E-state index is 12.7. The van der Waals surface area contributed by atoms with Crippen LogP contribution in [-0.2, 0) is 16.4 Å². The van der Waals surface area contributed by atoms with Crippen molar-refractivity contribution in [2.75, 3.05) is 0 Å². The zero-order valence-electron chi connectivity index (χ0n) is 15.6. The smallest absolute Gasteiger partial charge is 0.386 e. The van der Waals surface area contributed by atoms with Crippen LogP contribution in [0.15, 0.2) is 72.8 Å². The van der Waals surface area contributed by atoms with Crippen molar-refractivity contribution in [2.45, 2.75) is 13.5 Å². The van der Waals surface area contributed by atoms with E-state index >= 15 is 0 Å². The number of aryl methyl sites for hydroxylation is 1. The summed E-state index contributed by atoms with van der Waals surface area (Å²) in [6.07, 6.45) is 0. The Labute approximate surface area is 167 Å². The first-order valence-electron chi connectivity index (χ1n) is 8.83. The van der Waals surface area contributed by atoms with Gasteiger partial charge in [-0.1, -0.05) is 48.5 Å². The molecule has 1 N–H and O–H groups in total. The standard InChI is InChI=1S/C23H18O6/c1-15-7-5-6-10-19(15)21(25)17-11-12-20(18(13-17)14-24)23(27)29-28-22(26)16-8-3-2-4-9-16/h2-13,24H,14H2,1H3. The Morgan fingerprint density at radius 1 is 0.759 bits per heavy atom. The van der Waals surface area contributed by atoms with E-state index in [4.69, 9.17) is 0 Å². The third-order valence-corrected chi connectivity index (χ3v) is 4.35. The SMILES string of the molecule is Cc1ccccc1C(=O)c1ccc(C(=O)OOC(=O)c2ccccc2)c(CO)c1. The maximum absolute atomic E-state index is 12.7. The Morgan fingerprint density at radius 3 is 2.10 bits per heavy atom. The van der Waals surface area contributed by atoms with Crippen molar-refractivity contribution in [3.63, 3.8) is 0 Å². The molecule has 0 fully saturated rings. The van der Waals surface area contributed by atoms with Gasteiger partial charge in [-0.05, 0) is 42.3 Å². The molecule has 0 saturated heterocycles. The highest BCUT2D eigenvalue weighted by molar-refractivity contribution is 6.10. The zero-order chi connectivity index (χ0) is 20.8. The van der Waals surface area contributed by atoms with Crippen molar-refractivity contribution >= 4 is 17.7 Å². The van der Waals surface area contributed by atoms with Gasteiger partial charge in [0.1, 0.15) is 0 Å². The van der Waals surface area contributed by atoms with Crippen molar-refractivity contribution in [1.29, 1.82) is 0 Å². The first kappa shape index (κ1) is 20.0. The first-order chi connectivity index (χ1) is 14.0. The molecule has 3 rings (SSSR count). The van der Waals surface area contributed by atoms with Crippen LogP contribution >= 0.6 is 0 Å². The van der Waals surface area contributed by atoms with Crippen LogP contribution in [0.5, 0.6) is 0 Å². The third-order valence-electron chi connectivity index (χ3n) is 4.35. The monoisotopic (exact) mass is 390 g/mol. The molecular weight excluding hydrogens is 372 g/mol. The Bertz CT molecular complexity index is 1060. The summed E-state index contributed by atoms with van der Waals surface area (Å²) in [7, 11) is 0.